The van der Waals surface area contributed by atoms with Crippen molar-refractivity contribution in [1.29, 1.82) is 5.26 Å². The Bertz CT molecular complexity index is 501. The number of nitrogens with zero attached hydrogens (tertiary/aromatic N) is 3. The van der Waals surface area contributed by atoms with Crippen LogP contribution in [0.1, 0.15) is 30.7 Å². The second-order valence-electron chi connectivity index (χ2n) is 4.36. The van der Waals surface area contributed by atoms with E-state index in [1.54, 1.807) is 27.7 Å². The molecule has 0 spiro atoms. The predicted molar refractivity (Wildman–Crippen MR) is 63.1 cm³/mol. The topological polar surface area (TPSA) is 105 Å². The zero-order chi connectivity index (χ0) is 13.2. The van der Waals surface area contributed by atoms with E-state index in [2.05, 4.69) is 15.5 Å². The van der Waals surface area contributed by atoms with E-state index >= 15 is 0 Å². The van der Waals surface area contributed by atoms with Crippen LogP contribution in [0.4, 0.5) is 5.82 Å². The van der Waals surface area contributed by atoms with Crippen molar-refractivity contribution >= 4 is 11.7 Å². The molecule has 1 aromatic heterocycles. The first-order valence-electron chi connectivity index (χ1n) is 5.11. The summed E-state index contributed by atoms with van der Waals surface area (Å²) in [5, 5.41) is 19.7. The molecule has 17 heavy (non-hydrogen) atoms. The molecule has 0 atom stereocenters. The molecule has 0 saturated heterocycles. The van der Waals surface area contributed by atoms with Gasteiger partial charge in [0, 0.05) is 0 Å². The van der Waals surface area contributed by atoms with Crippen LogP contribution in [-0.2, 0) is 4.79 Å². The van der Waals surface area contributed by atoms with Crippen LogP contribution in [0.3, 0.4) is 0 Å². The summed E-state index contributed by atoms with van der Waals surface area (Å²) >= 11 is 0. The highest BCUT2D eigenvalue weighted by Crippen LogP contribution is 2.20. The number of aromatic nitrogens is 2. The number of carbonyl (C=O) groups is 1. The van der Waals surface area contributed by atoms with E-state index in [0.29, 0.717) is 11.3 Å². The van der Waals surface area contributed by atoms with E-state index in [1.807, 2.05) is 6.07 Å². The van der Waals surface area contributed by atoms with Crippen LogP contribution in [0.5, 0.6) is 0 Å². The molecular formula is C11H15N5O. The smallest absolute Gasteiger partial charge is 0.242 e. The molecule has 1 heterocycles. The van der Waals surface area contributed by atoms with Crippen molar-refractivity contribution < 1.29 is 4.79 Å². The van der Waals surface area contributed by atoms with E-state index in [1.165, 1.54) is 0 Å². The Hall–Kier alpha value is -2.16. The molecule has 0 unspecified atom stereocenters. The van der Waals surface area contributed by atoms with E-state index in [0.717, 1.165) is 5.56 Å². The van der Waals surface area contributed by atoms with Crippen LogP contribution in [0.2, 0.25) is 0 Å². The standard InChI is InChI=1S/C11H15N5O/c1-6-7(2)15-16-9(8(6)5-12)14-11(3,4)10(13)17/h1-4H3,(H2,13,17)(H,14,16). The molecule has 1 aromatic rings. The predicted octanol–water partition coefficient (Wildman–Crippen LogP) is 0.641. The fourth-order valence-corrected chi connectivity index (χ4v) is 1.19. The molecule has 0 aromatic carbocycles. The maximum Gasteiger partial charge on any atom is 0.242 e. The quantitative estimate of drug-likeness (QED) is 0.797. The normalized spacial score (nSPS) is 10.8. The van der Waals surface area contributed by atoms with Gasteiger partial charge in [-0.3, -0.25) is 4.79 Å². The lowest BCUT2D eigenvalue weighted by molar-refractivity contribution is -0.121. The lowest BCUT2D eigenvalue weighted by atomic mass is 10.0. The molecule has 0 aliphatic heterocycles. The SMILES string of the molecule is Cc1nnc(NC(C)(C)C(N)=O)c(C#N)c1C. The number of aryl methyl sites for hydroxylation is 1. The van der Waals surface area contributed by atoms with E-state index in [4.69, 9.17) is 11.0 Å². The number of nitrogens with two attached hydrogens (primary N) is 1. The van der Waals surface area contributed by atoms with E-state index < -0.39 is 11.4 Å². The van der Waals surface area contributed by atoms with Gasteiger partial charge in [0.05, 0.1) is 5.69 Å². The molecule has 0 radical (unpaired) electrons. The van der Waals surface area contributed by atoms with Crippen LogP contribution in [-0.4, -0.2) is 21.6 Å². The average Bonchev–Trinajstić information content (AvgIpc) is 2.23. The largest absolute Gasteiger partial charge is 0.368 e. The van der Waals surface area contributed by atoms with Crippen LogP contribution in [0, 0.1) is 25.2 Å². The fraction of sp³-hybridized carbons (Fsp3) is 0.455. The van der Waals surface area contributed by atoms with Crippen molar-refractivity contribution in [2.24, 2.45) is 5.73 Å². The first-order valence-corrected chi connectivity index (χ1v) is 5.11. The molecule has 0 saturated carbocycles. The molecule has 0 bridgehead atoms. The number of primary amides is 1. The molecule has 6 heteroatoms. The summed E-state index contributed by atoms with van der Waals surface area (Å²) in [6, 6.07) is 2.05. The molecule has 6 nitrogen and oxygen atoms in total. The van der Waals surface area contributed by atoms with E-state index in [-0.39, 0.29) is 5.82 Å². The van der Waals surface area contributed by atoms with Gasteiger partial charge in [-0.25, -0.2) is 0 Å². The van der Waals surface area contributed by atoms with Gasteiger partial charge in [0.1, 0.15) is 17.2 Å². The Balaban J connectivity index is 3.22. The number of amides is 1. The minimum Gasteiger partial charge on any atom is -0.368 e. The van der Waals surface area contributed by atoms with Crippen LogP contribution in [0.15, 0.2) is 0 Å². The zero-order valence-electron chi connectivity index (χ0n) is 10.3. The van der Waals surface area contributed by atoms with E-state index in [9.17, 15) is 4.79 Å². The van der Waals surface area contributed by atoms with Gasteiger partial charge >= 0.3 is 0 Å². The summed E-state index contributed by atoms with van der Waals surface area (Å²) in [6.07, 6.45) is 0. The highest BCUT2D eigenvalue weighted by molar-refractivity contribution is 5.87. The number of hydrogen-bond donors (Lipinski definition) is 2. The molecule has 0 aliphatic rings. The minimum atomic E-state index is -0.984. The van der Waals surface area contributed by atoms with Gasteiger partial charge in [-0.1, -0.05) is 0 Å². The highest BCUT2D eigenvalue weighted by Gasteiger charge is 2.26. The summed E-state index contributed by atoms with van der Waals surface area (Å²) in [7, 11) is 0. The minimum absolute atomic E-state index is 0.277. The number of nitriles is 1. The number of nitrogens with one attached hydrogen (secondary N) is 1. The van der Waals surface area contributed by atoms with Crippen LogP contribution < -0.4 is 11.1 Å². The summed E-state index contributed by atoms with van der Waals surface area (Å²) in [5.41, 5.74) is 6.07. The second kappa shape index (κ2) is 4.37. The van der Waals surface area contributed by atoms with Crippen molar-refractivity contribution in [1.82, 2.24) is 10.2 Å². The molecular weight excluding hydrogens is 218 g/mol. The van der Waals surface area contributed by atoms with Gasteiger partial charge in [0.2, 0.25) is 5.91 Å². The number of carbonyl (C=O) groups excluding carboxylic acids is 1. The molecule has 0 fully saturated rings. The lowest BCUT2D eigenvalue weighted by Gasteiger charge is -2.23. The summed E-state index contributed by atoms with van der Waals surface area (Å²) in [5.74, 6) is -0.249. The van der Waals surface area contributed by atoms with Crippen LogP contribution >= 0.6 is 0 Å². The van der Waals surface area contributed by atoms with Crippen molar-refractivity contribution in [2.75, 3.05) is 5.32 Å². The number of hydrogen-bond acceptors (Lipinski definition) is 5. The molecule has 3 N–H and O–H groups in total. The molecule has 1 amide bonds. The molecule has 1 rings (SSSR count). The summed E-state index contributed by atoms with van der Waals surface area (Å²) in [4.78, 5) is 11.2. The highest BCUT2D eigenvalue weighted by atomic mass is 16.1. The van der Waals surface area contributed by atoms with Crippen molar-refractivity contribution in [3.63, 3.8) is 0 Å². The maximum absolute atomic E-state index is 11.2. The third kappa shape index (κ3) is 2.50. The maximum atomic E-state index is 11.2. The van der Waals surface area contributed by atoms with Crippen molar-refractivity contribution in [3.8, 4) is 6.07 Å². The fourth-order valence-electron chi connectivity index (χ4n) is 1.19. The van der Waals surface area contributed by atoms with Gasteiger partial charge in [0.15, 0.2) is 5.82 Å². The number of rotatable bonds is 3. The Labute approximate surface area is 99.8 Å². The first kappa shape index (κ1) is 12.9. The average molecular weight is 233 g/mol. The number of anilines is 1. The van der Waals surface area contributed by atoms with Crippen molar-refractivity contribution in [2.45, 2.75) is 33.2 Å². The second-order valence-corrected chi connectivity index (χ2v) is 4.36. The van der Waals surface area contributed by atoms with Crippen molar-refractivity contribution in [3.05, 3.63) is 16.8 Å². The van der Waals surface area contributed by atoms with Gasteiger partial charge in [-0.05, 0) is 33.3 Å². The van der Waals surface area contributed by atoms with Crippen LogP contribution in [0.25, 0.3) is 0 Å². The monoisotopic (exact) mass is 233 g/mol. The zero-order valence-corrected chi connectivity index (χ0v) is 10.3. The summed E-state index contributed by atoms with van der Waals surface area (Å²) < 4.78 is 0. The molecule has 90 valence electrons. The third-order valence-corrected chi connectivity index (χ3v) is 2.61. The lowest BCUT2D eigenvalue weighted by Crippen LogP contribution is -2.45. The first-order chi connectivity index (χ1) is 7.79. The van der Waals surface area contributed by atoms with Gasteiger partial charge < -0.3 is 11.1 Å². The Kier molecular flexibility index (Phi) is 3.32. The Morgan fingerprint density at radius 3 is 2.47 bits per heavy atom. The summed E-state index contributed by atoms with van der Waals surface area (Å²) in [6.45, 7) is 6.79. The third-order valence-electron chi connectivity index (χ3n) is 2.61. The van der Waals surface area contributed by atoms with Gasteiger partial charge in [-0.15, -0.1) is 5.10 Å². The van der Waals surface area contributed by atoms with Gasteiger partial charge in [0.25, 0.3) is 0 Å². The Morgan fingerprint density at radius 2 is 2.00 bits per heavy atom. The molecule has 0 aliphatic carbocycles. The van der Waals surface area contributed by atoms with Gasteiger partial charge in [-0.2, -0.15) is 10.4 Å². The Morgan fingerprint density at radius 1 is 1.41 bits per heavy atom.